The van der Waals surface area contributed by atoms with E-state index in [0.29, 0.717) is 15.2 Å². The maximum Gasteiger partial charge on any atom is 0.341 e. The summed E-state index contributed by atoms with van der Waals surface area (Å²) >= 11 is 4.47. The van der Waals surface area contributed by atoms with Crippen LogP contribution in [0.5, 0.6) is 0 Å². The van der Waals surface area contributed by atoms with E-state index in [1.54, 1.807) is 25.1 Å². The van der Waals surface area contributed by atoms with Gasteiger partial charge in [-0.3, -0.25) is 4.79 Å². The fraction of sp³-hybridized carbons (Fsp3) is 0.111. The molecule has 2 aromatic heterocycles. The molecule has 25 heavy (non-hydrogen) atoms. The number of hydrogen-bond acceptors (Lipinski definition) is 5. The molecule has 2 heterocycles. The van der Waals surface area contributed by atoms with Crippen molar-refractivity contribution in [1.29, 1.82) is 0 Å². The number of ether oxygens (including phenoxy) is 1. The molecule has 7 heteroatoms. The fourth-order valence-electron chi connectivity index (χ4n) is 2.19. The third-order valence-electron chi connectivity index (χ3n) is 3.31. The standard InChI is InChI=1S/C18H14BrNO4S/c1-2-23-18(22)12-10-14(11-6-4-3-5-7-11)25-17(12)20-16(21)13-8-9-15(19)24-13/h3-10H,2H2,1H3,(H,20,21). The Kier molecular flexibility index (Phi) is 5.35. The minimum atomic E-state index is -0.475. The zero-order chi connectivity index (χ0) is 17.8. The first kappa shape index (κ1) is 17.4. The molecule has 0 aliphatic rings. The van der Waals surface area contributed by atoms with Crippen LogP contribution in [-0.2, 0) is 4.74 Å². The van der Waals surface area contributed by atoms with Crippen LogP contribution in [0.25, 0.3) is 10.4 Å². The average Bonchev–Trinajstić information content (AvgIpc) is 3.22. The molecular formula is C18H14BrNO4S. The molecule has 0 aliphatic heterocycles. The van der Waals surface area contributed by atoms with Crippen molar-refractivity contribution in [2.75, 3.05) is 11.9 Å². The van der Waals surface area contributed by atoms with E-state index in [2.05, 4.69) is 21.2 Å². The van der Waals surface area contributed by atoms with Crippen LogP contribution >= 0.6 is 27.3 Å². The number of anilines is 1. The van der Waals surface area contributed by atoms with Crippen molar-refractivity contribution < 1.29 is 18.7 Å². The maximum atomic E-state index is 12.3. The van der Waals surface area contributed by atoms with E-state index in [9.17, 15) is 9.59 Å². The van der Waals surface area contributed by atoms with Gasteiger partial charge in [-0.2, -0.15) is 0 Å². The number of halogens is 1. The Morgan fingerprint density at radius 1 is 1.20 bits per heavy atom. The van der Waals surface area contributed by atoms with Crippen molar-refractivity contribution in [2.24, 2.45) is 0 Å². The van der Waals surface area contributed by atoms with Crippen LogP contribution in [0.3, 0.4) is 0 Å². The van der Waals surface area contributed by atoms with E-state index < -0.39 is 11.9 Å². The third-order valence-corrected chi connectivity index (χ3v) is 4.84. The summed E-state index contributed by atoms with van der Waals surface area (Å²) in [6.07, 6.45) is 0. The SMILES string of the molecule is CCOC(=O)c1cc(-c2ccccc2)sc1NC(=O)c1ccc(Br)o1. The van der Waals surface area contributed by atoms with Crippen molar-refractivity contribution in [3.8, 4) is 10.4 Å². The number of amides is 1. The smallest absolute Gasteiger partial charge is 0.341 e. The lowest BCUT2D eigenvalue weighted by Gasteiger charge is -2.04. The molecular weight excluding hydrogens is 406 g/mol. The summed E-state index contributed by atoms with van der Waals surface area (Å²) < 4.78 is 10.8. The molecule has 0 atom stereocenters. The Balaban J connectivity index is 1.94. The first-order valence-electron chi connectivity index (χ1n) is 7.51. The second kappa shape index (κ2) is 7.67. The van der Waals surface area contributed by atoms with Gasteiger partial charge < -0.3 is 14.5 Å². The van der Waals surface area contributed by atoms with Crippen molar-refractivity contribution in [1.82, 2.24) is 0 Å². The van der Waals surface area contributed by atoms with E-state index in [4.69, 9.17) is 9.15 Å². The molecule has 0 spiro atoms. The molecule has 3 aromatic rings. The Bertz CT molecular complexity index is 901. The summed E-state index contributed by atoms with van der Waals surface area (Å²) in [5.74, 6) is -0.758. The number of benzene rings is 1. The van der Waals surface area contributed by atoms with Gasteiger partial charge in [0.1, 0.15) is 5.00 Å². The Morgan fingerprint density at radius 3 is 2.60 bits per heavy atom. The van der Waals surface area contributed by atoms with Gasteiger partial charge in [-0.25, -0.2) is 4.79 Å². The highest BCUT2D eigenvalue weighted by atomic mass is 79.9. The molecule has 1 amide bonds. The monoisotopic (exact) mass is 419 g/mol. The molecule has 0 fully saturated rings. The number of hydrogen-bond donors (Lipinski definition) is 1. The molecule has 0 radical (unpaired) electrons. The zero-order valence-electron chi connectivity index (χ0n) is 13.2. The molecule has 0 saturated heterocycles. The number of rotatable bonds is 5. The largest absolute Gasteiger partial charge is 0.462 e. The van der Waals surface area contributed by atoms with Crippen LogP contribution in [-0.4, -0.2) is 18.5 Å². The normalized spacial score (nSPS) is 10.5. The predicted molar refractivity (Wildman–Crippen MR) is 100 cm³/mol. The average molecular weight is 420 g/mol. The van der Waals surface area contributed by atoms with E-state index in [-0.39, 0.29) is 12.4 Å². The molecule has 5 nitrogen and oxygen atoms in total. The molecule has 0 aliphatic carbocycles. The van der Waals surface area contributed by atoms with Crippen LogP contribution < -0.4 is 5.32 Å². The number of carbonyl (C=O) groups is 2. The second-order valence-corrected chi connectivity index (χ2v) is 6.83. The van der Waals surface area contributed by atoms with Gasteiger partial charge >= 0.3 is 5.97 Å². The molecule has 3 rings (SSSR count). The minimum absolute atomic E-state index is 0.149. The summed E-state index contributed by atoms with van der Waals surface area (Å²) in [4.78, 5) is 25.4. The van der Waals surface area contributed by atoms with Crippen LogP contribution in [0.1, 0.15) is 27.8 Å². The first-order chi connectivity index (χ1) is 12.1. The van der Waals surface area contributed by atoms with E-state index >= 15 is 0 Å². The predicted octanol–water partition coefficient (Wildman–Crippen LogP) is 5.20. The molecule has 1 N–H and O–H groups in total. The molecule has 0 unspecified atom stereocenters. The van der Waals surface area contributed by atoms with Crippen LogP contribution in [0.4, 0.5) is 5.00 Å². The first-order valence-corrected chi connectivity index (χ1v) is 9.12. The molecule has 0 bridgehead atoms. The molecule has 1 aromatic carbocycles. The van der Waals surface area contributed by atoms with E-state index in [0.717, 1.165) is 10.4 Å². The minimum Gasteiger partial charge on any atom is -0.462 e. The lowest BCUT2D eigenvalue weighted by Crippen LogP contribution is -2.13. The third kappa shape index (κ3) is 4.00. The van der Waals surface area contributed by atoms with E-state index in [1.165, 1.54) is 11.3 Å². The number of furan rings is 1. The quantitative estimate of drug-likeness (QED) is 0.576. The Morgan fingerprint density at radius 2 is 1.96 bits per heavy atom. The lowest BCUT2D eigenvalue weighted by atomic mass is 10.1. The summed E-state index contributed by atoms with van der Waals surface area (Å²) in [7, 11) is 0. The number of carbonyl (C=O) groups excluding carboxylic acids is 2. The second-order valence-electron chi connectivity index (χ2n) is 5.00. The fourth-order valence-corrected chi connectivity index (χ4v) is 3.54. The van der Waals surface area contributed by atoms with Crippen LogP contribution in [0.15, 0.2) is 57.6 Å². The zero-order valence-corrected chi connectivity index (χ0v) is 15.6. The summed E-state index contributed by atoms with van der Waals surface area (Å²) in [6, 6.07) is 14.5. The van der Waals surface area contributed by atoms with Gasteiger partial charge in [-0.05, 0) is 46.6 Å². The lowest BCUT2D eigenvalue weighted by molar-refractivity contribution is 0.0528. The number of esters is 1. The van der Waals surface area contributed by atoms with Gasteiger partial charge in [0.15, 0.2) is 10.4 Å². The van der Waals surface area contributed by atoms with Crippen molar-refractivity contribution >= 4 is 44.1 Å². The van der Waals surface area contributed by atoms with Gasteiger partial charge in [0.2, 0.25) is 0 Å². The summed E-state index contributed by atoms with van der Waals surface area (Å²) in [6.45, 7) is 1.99. The van der Waals surface area contributed by atoms with Crippen molar-refractivity contribution in [2.45, 2.75) is 6.92 Å². The Labute approximate surface area is 156 Å². The number of nitrogens with one attached hydrogen (secondary N) is 1. The highest BCUT2D eigenvalue weighted by Gasteiger charge is 2.21. The summed E-state index contributed by atoms with van der Waals surface area (Å²) in [5, 5.41) is 3.16. The van der Waals surface area contributed by atoms with Gasteiger partial charge in [-0.15, -0.1) is 11.3 Å². The highest BCUT2D eigenvalue weighted by molar-refractivity contribution is 9.10. The van der Waals surface area contributed by atoms with Crippen molar-refractivity contribution in [3.05, 3.63) is 64.5 Å². The highest BCUT2D eigenvalue weighted by Crippen LogP contribution is 2.36. The van der Waals surface area contributed by atoms with Crippen molar-refractivity contribution in [3.63, 3.8) is 0 Å². The Hall–Kier alpha value is -2.38. The van der Waals surface area contributed by atoms with Crippen LogP contribution in [0, 0.1) is 0 Å². The number of thiophene rings is 1. The van der Waals surface area contributed by atoms with Gasteiger partial charge in [-0.1, -0.05) is 30.3 Å². The topological polar surface area (TPSA) is 68.5 Å². The van der Waals surface area contributed by atoms with Gasteiger partial charge in [0, 0.05) is 4.88 Å². The molecule has 0 saturated carbocycles. The van der Waals surface area contributed by atoms with E-state index in [1.807, 2.05) is 30.3 Å². The molecule has 128 valence electrons. The van der Waals surface area contributed by atoms with Gasteiger partial charge in [0.05, 0.1) is 12.2 Å². The van der Waals surface area contributed by atoms with Gasteiger partial charge in [0.25, 0.3) is 5.91 Å². The maximum absolute atomic E-state index is 12.3. The summed E-state index contributed by atoms with van der Waals surface area (Å²) in [5.41, 5.74) is 1.28. The van der Waals surface area contributed by atoms with Crippen LogP contribution in [0.2, 0.25) is 0 Å².